The third kappa shape index (κ3) is 5.74. The van der Waals surface area contributed by atoms with Crippen LogP contribution in [0.3, 0.4) is 0 Å². The smallest absolute Gasteiger partial charge is 0.319 e. The first-order valence-electron chi connectivity index (χ1n) is 5.81. The van der Waals surface area contributed by atoms with Crippen LogP contribution in [0.15, 0.2) is 0 Å². The minimum Gasteiger partial charge on any atom is -0.465 e. The zero-order valence-corrected chi connectivity index (χ0v) is 9.46. The molecule has 88 valence electrons. The van der Waals surface area contributed by atoms with E-state index in [1.807, 2.05) is 0 Å². The molecule has 0 aromatic heterocycles. The highest BCUT2D eigenvalue weighted by atomic mass is 16.5. The second kappa shape index (κ2) is 7.65. The van der Waals surface area contributed by atoms with Gasteiger partial charge in [-0.3, -0.25) is 4.79 Å². The van der Waals surface area contributed by atoms with Gasteiger partial charge in [0, 0.05) is 13.2 Å². The first kappa shape index (κ1) is 12.5. The average molecular weight is 215 g/mol. The lowest BCUT2D eigenvalue weighted by molar-refractivity contribution is -0.142. The minimum atomic E-state index is -0.165. The van der Waals surface area contributed by atoms with E-state index < -0.39 is 0 Å². The minimum absolute atomic E-state index is 0.165. The Kier molecular flexibility index (Phi) is 6.36. The third-order valence-electron chi connectivity index (χ3n) is 2.43. The highest BCUT2D eigenvalue weighted by Crippen LogP contribution is 2.10. The van der Waals surface area contributed by atoms with Gasteiger partial charge in [-0.25, -0.2) is 0 Å². The van der Waals surface area contributed by atoms with E-state index in [9.17, 15) is 4.79 Å². The van der Waals surface area contributed by atoms with Crippen molar-refractivity contribution in [2.45, 2.75) is 38.7 Å². The molecular weight excluding hydrogens is 194 g/mol. The maximum Gasteiger partial charge on any atom is 0.319 e. The number of esters is 1. The predicted octanol–water partition coefficient (Wildman–Crippen LogP) is 1.10. The van der Waals surface area contributed by atoms with Crippen LogP contribution in [0.5, 0.6) is 0 Å². The molecule has 1 aliphatic heterocycles. The lowest BCUT2D eigenvalue weighted by Gasteiger charge is -2.10. The van der Waals surface area contributed by atoms with Crippen LogP contribution in [-0.4, -0.2) is 38.4 Å². The molecule has 0 saturated carbocycles. The Hall–Kier alpha value is -0.610. The fraction of sp³-hybridized carbons (Fsp3) is 0.909. The second-order valence-electron chi connectivity index (χ2n) is 3.84. The molecule has 1 rings (SSSR count). The van der Waals surface area contributed by atoms with E-state index in [4.69, 9.17) is 9.47 Å². The zero-order chi connectivity index (χ0) is 10.9. The Morgan fingerprint density at radius 3 is 3.13 bits per heavy atom. The van der Waals surface area contributed by atoms with E-state index in [-0.39, 0.29) is 12.1 Å². The summed E-state index contributed by atoms with van der Waals surface area (Å²) in [6, 6.07) is 0. The van der Waals surface area contributed by atoms with E-state index in [2.05, 4.69) is 12.2 Å². The summed E-state index contributed by atoms with van der Waals surface area (Å²) in [4.78, 5) is 11.2. The van der Waals surface area contributed by atoms with Gasteiger partial charge < -0.3 is 14.8 Å². The van der Waals surface area contributed by atoms with Gasteiger partial charge in [-0.15, -0.1) is 0 Å². The molecule has 1 aliphatic rings. The van der Waals surface area contributed by atoms with Crippen molar-refractivity contribution < 1.29 is 14.3 Å². The average Bonchev–Trinajstić information content (AvgIpc) is 2.71. The van der Waals surface area contributed by atoms with Crippen molar-refractivity contribution >= 4 is 5.97 Å². The summed E-state index contributed by atoms with van der Waals surface area (Å²) in [5, 5.41) is 3.05. The quantitative estimate of drug-likeness (QED) is 0.510. The van der Waals surface area contributed by atoms with Gasteiger partial charge in [0.05, 0.1) is 19.3 Å². The zero-order valence-electron chi connectivity index (χ0n) is 9.46. The van der Waals surface area contributed by atoms with Crippen molar-refractivity contribution in [1.29, 1.82) is 0 Å². The Morgan fingerprint density at radius 2 is 2.47 bits per heavy atom. The summed E-state index contributed by atoms with van der Waals surface area (Å²) in [5.41, 5.74) is 0. The molecule has 0 aromatic rings. The first-order valence-corrected chi connectivity index (χ1v) is 5.81. The monoisotopic (exact) mass is 215 g/mol. The maximum atomic E-state index is 11.2. The maximum absolute atomic E-state index is 11.2. The van der Waals surface area contributed by atoms with Crippen LogP contribution >= 0.6 is 0 Å². The molecule has 0 radical (unpaired) electrons. The van der Waals surface area contributed by atoms with Gasteiger partial charge in [-0.1, -0.05) is 13.3 Å². The lowest BCUT2D eigenvalue weighted by Crippen LogP contribution is -2.31. The van der Waals surface area contributed by atoms with Gasteiger partial charge in [0.25, 0.3) is 0 Å². The van der Waals surface area contributed by atoms with Crippen molar-refractivity contribution in [3.63, 3.8) is 0 Å². The highest BCUT2D eigenvalue weighted by Gasteiger charge is 2.15. The van der Waals surface area contributed by atoms with Gasteiger partial charge >= 0.3 is 5.97 Å². The number of hydrogen-bond acceptors (Lipinski definition) is 4. The second-order valence-corrected chi connectivity index (χ2v) is 3.84. The third-order valence-corrected chi connectivity index (χ3v) is 2.43. The Balaban J connectivity index is 1.91. The lowest BCUT2D eigenvalue weighted by atomic mass is 10.2. The molecule has 1 N–H and O–H groups in total. The topological polar surface area (TPSA) is 47.6 Å². The Labute approximate surface area is 91.3 Å². The Morgan fingerprint density at radius 1 is 1.60 bits per heavy atom. The van der Waals surface area contributed by atoms with Gasteiger partial charge in [0.1, 0.15) is 0 Å². The molecule has 0 amide bonds. The fourth-order valence-electron chi connectivity index (χ4n) is 1.52. The van der Waals surface area contributed by atoms with Crippen molar-refractivity contribution in [2.75, 3.05) is 26.3 Å². The van der Waals surface area contributed by atoms with Crippen LogP contribution in [0.25, 0.3) is 0 Å². The SMILES string of the molecule is CCCCOC(=O)CNCC1CCCO1. The summed E-state index contributed by atoms with van der Waals surface area (Å²) in [6.07, 6.45) is 4.51. The largest absolute Gasteiger partial charge is 0.465 e. The van der Waals surface area contributed by atoms with Crippen molar-refractivity contribution in [3.05, 3.63) is 0 Å². The van der Waals surface area contributed by atoms with E-state index in [1.165, 1.54) is 0 Å². The van der Waals surface area contributed by atoms with E-state index in [1.54, 1.807) is 0 Å². The van der Waals surface area contributed by atoms with Crippen LogP contribution in [0.4, 0.5) is 0 Å². The summed E-state index contributed by atoms with van der Waals surface area (Å²) in [6.45, 7) is 4.51. The number of rotatable bonds is 7. The number of nitrogens with one attached hydrogen (secondary N) is 1. The van der Waals surface area contributed by atoms with Crippen molar-refractivity contribution in [1.82, 2.24) is 5.32 Å². The number of hydrogen-bond donors (Lipinski definition) is 1. The molecule has 0 aromatic carbocycles. The van der Waals surface area contributed by atoms with Crippen LogP contribution in [0.2, 0.25) is 0 Å². The summed E-state index contributed by atoms with van der Waals surface area (Å²) in [5.74, 6) is -0.165. The summed E-state index contributed by atoms with van der Waals surface area (Å²) >= 11 is 0. The first-order chi connectivity index (χ1) is 7.33. The van der Waals surface area contributed by atoms with Crippen LogP contribution < -0.4 is 5.32 Å². The molecule has 1 atom stereocenters. The molecule has 1 unspecified atom stereocenters. The summed E-state index contributed by atoms with van der Waals surface area (Å²) < 4.78 is 10.4. The highest BCUT2D eigenvalue weighted by molar-refractivity contribution is 5.71. The molecule has 0 aliphatic carbocycles. The summed E-state index contributed by atoms with van der Waals surface area (Å²) in [7, 11) is 0. The van der Waals surface area contributed by atoms with E-state index in [0.29, 0.717) is 13.2 Å². The molecule has 4 heteroatoms. The van der Waals surface area contributed by atoms with Gasteiger partial charge in [0.2, 0.25) is 0 Å². The standard InChI is InChI=1S/C11H21NO3/c1-2-3-6-15-11(13)9-12-8-10-5-4-7-14-10/h10,12H,2-9H2,1H3. The van der Waals surface area contributed by atoms with Crippen LogP contribution in [-0.2, 0) is 14.3 Å². The van der Waals surface area contributed by atoms with Gasteiger partial charge in [-0.05, 0) is 19.3 Å². The molecular formula is C11H21NO3. The predicted molar refractivity (Wildman–Crippen MR) is 57.7 cm³/mol. The van der Waals surface area contributed by atoms with E-state index >= 15 is 0 Å². The van der Waals surface area contributed by atoms with Crippen molar-refractivity contribution in [2.24, 2.45) is 0 Å². The Bertz CT molecular complexity index is 179. The molecule has 0 spiro atoms. The van der Waals surface area contributed by atoms with Gasteiger partial charge in [-0.2, -0.15) is 0 Å². The number of unbranched alkanes of at least 4 members (excludes halogenated alkanes) is 1. The normalized spacial score (nSPS) is 20.5. The molecule has 1 heterocycles. The molecule has 4 nitrogen and oxygen atoms in total. The van der Waals surface area contributed by atoms with E-state index in [0.717, 1.165) is 38.8 Å². The van der Waals surface area contributed by atoms with Crippen LogP contribution in [0, 0.1) is 0 Å². The number of ether oxygens (including phenoxy) is 2. The fourth-order valence-corrected chi connectivity index (χ4v) is 1.52. The van der Waals surface area contributed by atoms with Gasteiger partial charge in [0.15, 0.2) is 0 Å². The number of carbonyl (C=O) groups excluding carboxylic acids is 1. The molecule has 0 bridgehead atoms. The number of carbonyl (C=O) groups is 1. The molecule has 1 saturated heterocycles. The van der Waals surface area contributed by atoms with Crippen molar-refractivity contribution in [3.8, 4) is 0 Å². The van der Waals surface area contributed by atoms with Crippen LogP contribution in [0.1, 0.15) is 32.6 Å². The molecule has 15 heavy (non-hydrogen) atoms. The molecule has 1 fully saturated rings.